The monoisotopic (exact) mass is 320 g/mol. The van der Waals surface area contributed by atoms with Gasteiger partial charge in [-0.1, -0.05) is 18.2 Å². The summed E-state index contributed by atoms with van der Waals surface area (Å²) < 4.78 is 49.1. The summed E-state index contributed by atoms with van der Waals surface area (Å²) in [5, 5.41) is 0. The van der Waals surface area contributed by atoms with Gasteiger partial charge in [-0.15, -0.1) is 0 Å². The molecule has 3 rings (SSSR count). The number of hydrogen-bond acceptors (Lipinski definition) is 2. The van der Waals surface area contributed by atoms with Crippen LogP contribution in [0.1, 0.15) is 16.7 Å². The van der Waals surface area contributed by atoms with Crippen molar-refractivity contribution < 1.29 is 22.6 Å². The van der Waals surface area contributed by atoms with E-state index >= 15 is 0 Å². The third-order valence-electron chi connectivity index (χ3n) is 3.58. The molecule has 2 nitrogen and oxygen atoms in total. The summed E-state index contributed by atoms with van der Waals surface area (Å²) in [6, 6.07) is 10.7. The van der Waals surface area contributed by atoms with Crippen molar-refractivity contribution in [3.63, 3.8) is 0 Å². The van der Waals surface area contributed by atoms with Gasteiger partial charge in [-0.05, 0) is 49.2 Å². The van der Waals surface area contributed by atoms with E-state index in [1.165, 1.54) is 12.1 Å². The largest absolute Gasteiger partial charge is 0.476 e. The van der Waals surface area contributed by atoms with Gasteiger partial charge in [0.2, 0.25) is 6.10 Å². The van der Waals surface area contributed by atoms with E-state index in [0.717, 1.165) is 17.2 Å². The molecule has 0 spiro atoms. The number of fused-ring (bicyclic) bond motifs is 1. The van der Waals surface area contributed by atoms with Gasteiger partial charge >= 0.3 is 6.18 Å². The zero-order valence-corrected chi connectivity index (χ0v) is 12.6. The summed E-state index contributed by atoms with van der Waals surface area (Å²) in [6.07, 6.45) is -3.93. The first-order chi connectivity index (χ1) is 10.8. The maximum atomic E-state index is 12.8. The van der Waals surface area contributed by atoms with Crippen molar-refractivity contribution in [3.8, 4) is 17.2 Å². The fraction of sp³-hybridized carbons (Fsp3) is 0.222. The molecule has 0 aromatic heterocycles. The third kappa shape index (κ3) is 3.33. The molecule has 1 aliphatic rings. The topological polar surface area (TPSA) is 18.5 Å². The van der Waals surface area contributed by atoms with Gasteiger partial charge in [0, 0.05) is 11.6 Å². The molecule has 0 fully saturated rings. The Labute approximate surface area is 132 Å². The van der Waals surface area contributed by atoms with Crippen molar-refractivity contribution in [2.75, 3.05) is 0 Å². The first-order valence-electron chi connectivity index (χ1n) is 7.14. The predicted molar refractivity (Wildman–Crippen MR) is 81.9 cm³/mol. The van der Waals surface area contributed by atoms with Crippen LogP contribution in [0.5, 0.6) is 17.2 Å². The lowest BCUT2D eigenvalue weighted by atomic mass is 10.1. The highest BCUT2D eigenvalue weighted by molar-refractivity contribution is 5.62. The molecule has 0 N–H and O–H groups in total. The minimum Gasteiger partial charge on any atom is -0.476 e. The Morgan fingerprint density at radius 2 is 1.83 bits per heavy atom. The summed E-state index contributed by atoms with van der Waals surface area (Å²) in [4.78, 5) is 0. The van der Waals surface area contributed by atoms with Gasteiger partial charge in [-0.3, -0.25) is 0 Å². The molecule has 0 amide bonds. The maximum Gasteiger partial charge on any atom is 0.429 e. The number of halogens is 3. The fourth-order valence-electron chi connectivity index (χ4n) is 2.31. The highest BCUT2D eigenvalue weighted by atomic mass is 19.4. The van der Waals surface area contributed by atoms with Crippen molar-refractivity contribution in [2.24, 2.45) is 0 Å². The molecule has 0 aliphatic carbocycles. The Bertz CT molecular complexity index is 763. The summed E-state index contributed by atoms with van der Waals surface area (Å²) in [7, 11) is 0. The van der Waals surface area contributed by atoms with Crippen molar-refractivity contribution >= 4 is 6.08 Å². The van der Waals surface area contributed by atoms with Gasteiger partial charge in [0.05, 0.1) is 0 Å². The quantitative estimate of drug-likeness (QED) is 0.734. The number of aryl methyl sites for hydroxylation is 2. The predicted octanol–water partition coefficient (Wildman–Crippen LogP) is 5.43. The Morgan fingerprint density at radius 3 is 2.57 bits per heavy atom. The Hall–Kier alpha value is -2.43. The molecular weight excluding hydrogens is 305 g/mol. The second-order valence-corrected chi connectivity index (χ2v) is 5.51. The van der Waals surface area contributed by atoms with Gasteiger partial charge in [-0.25, -0.2) is 0 Å². The standard InChI is InChI=1S/C18H15F3O2/c1-11-3-4-12(2)15(9-11)22-14-7-5-13-6-8-17(18(19,20)21)23-16(13)10-14/h3-10,17H,1-2H3/t17-/m1/s1. The van der Waals surface area contributed by atoms with Crippen LogP contribution in [-0.4, -0.2) is 12.3 Å². The lowest BCUT2D eigenvalue weighted by Gasteiger charge is -2.23. The summed E-state index contributed by atoms with van der Waals surface area (Å²) >= 11 is 0. The van der Waals surface area contributed by atoms with Crippen LogP contribution in [0.15, 0.2) is 42.5 Å². The van der Waals surface area contributed by atoms with Crippen LogP contribution in [0.2, 0.25) is 0 Å². The van der Waals surface area contributed by atoms with Gasteiger partial charge in [0.25, 0.3) is 0 Å². The van der Waals surface area contributed by atoms with E-state index < -0.39 is 12.3 Å². The first-order valence-corrected chi connectivity index (χ1v) is 7.14. The van der Waals surface area contributed by atoms with E-state index in [9.17, 15) is 13.2 Å². The highest BCUT2D eigenvalue weighted by Gasteiger charge is 2.41. The van der Waals surface area contributed by atoms with Crippen LogP contribution in [-0.2, 0) is 0 Å². The minimum absolute atomic E-state index is 0.164. The van der Waals surface area contributed by atoms with Gasteiger partial charge in [0.15, 0.2) is 0 Å². The minimum atomic E-state index is -4.43. The van der Waals surface area contributed by atoms with Crippen molar-refractivity contribution in [3.05, 3.63) is 59.2 Å². The first kappa shape index (κ1) is 15.5. The van der Waals surface area contributed by atoms with Crippen LogP contribution in [0.25, 0.3) is 6.08 Å². The lowest BCUT2D eigenvalue weighted by Crippen LogP contribution is -2.33. The molecule has 0 saturated heterocycles. The summed E-state index contributed by atoms with van der Waals surface area (Å²) in [6.45, 7) is 3.85. The molecule has 0 saturated carbocycles. The molecule has 1 atom stereocenters. The number of rotatable bonds is 2. The van der Waals surface area contributed by atoms with Gasteiger partial charge in [0.1, 0.15) is 17.2 Å². The number of ether oxygens (including phenoxy) is 2. The number of hydrogen-bond donors (Lipinski definition) is 0. The molecule has 5 heteroatoms. The third-order valence-corrected chi connectivity index (χ3v) is 3.58. The highest BCUT2D eigenvalue weighted by Crippen LogP contribution is 2.36. The van der Waals surface area contributed by atoms with Crippen molar-refractivity contribution in [1.82, 2.24) is 0 Å². The Morgan fingerprint density at radius 1 is 1.04 bits per heavy atom. The van der Waals surface area contributed by atoms with E-state index in [1.807, 2.05) is 32.0 Å². The normalized spacial score (nSPS) is 16.7. The second kappa shape index (κ2) is 5.65. The molecule has 120 valence electrons. The van der Waals surface area contributed by atoms with Crippen LogP contribution < -0.4 is 9.47 Å². The zero-order valence-electron chi connectivity index (χ0n) is 12.6. The number of benzene rings is 2. The zero-order chi connectivity index (χ0) is 16.6. The van der Waals surface area contributed by atoms with Crippen molar-refractivity contribution in [1.29, 1.82) is 0 Å². The Balaban J connectivity index is 1.87. The van der Waals surface area contributed by atoms with E-state index in [0.29, 0.717) is 17.1 Å². The molecular formula is C18H15F3O2. The van der Waals surface area contributed by atoms with Crippen molar-refractivity contribution in [2.45, 2.75) is 26.1 Å². The maximum absolute atomic E-state index is 12.8. The second-order valence-electron chi connectivity index (χ2n) is 5.51. The van der Waals surface area contributed by atoms with Crippen LogP contribution >= 0.6 is 0 Å². The van der Waals surface area contributed by atoms with Crippen LogP contribution in [0.3, 0.4) is 0 Å². The number of alkyl halides is 3. The molecule has 0 radical (unpaired) electrons. The van der Waals surface area contributed by atoms with Crippen LogP contribution in [0.4, 0.5) is 13.2 Å². The molecule has 0 bridgehead atoms. The fourth-order valence-corrected chi connectivity index (χ4v) is 2.31. The van der Waals surface area contributed by atoms with Gasteiger partial charge in [-0.2, -0.15) is 13.2 Å². The van der Waals surface area contributed by atoms with E-state index in [4.69, 9.17) is 9.47 Å². The molecule has 1 heterocycles. The average molecular weight is 320 g/mol. The van der Waals surface area contributed by atoms with E-state index in [1.54, 1.807) is 12.1 Å². The smallest absolute Gasteiger partial charge is 0.429 e. The summed E-state index contributed by atoms with van der Waals surface area (Å²) in [5.41, 5.74) is 2.58. The molecule has 2 aromatic rings. The van der Waals surface area contributed by atoms with E-state index in [-0.39, 0.29) is 5.75 Å². The van der Waals surface area contributed by atoms with Gasteiger partial charge < -0.3 is 9.47 Å². The average Bonchev–Trinajstić information content (AvgIpc) is 2.49. The lowest BCUT2D eigenvalue weighted by molar-refractivity contribution is -0.180. The summed E-state index contributed by atoms with van der Waals surface area (Å²) in [5.74, 6) is 1.27. The Kier molecular flexibility index (Phi) is 3.80. The molecule has 2 aromatic carbocycles. The van der Waals surface area contributed by atoms with E-state index in [2.05, 4.69) is 0 Å². The van der Waals surface area contributed by atoms with Crippen LogP contribution in [0, 0.1) is 13.8 Å². The molecule has 1 aliphatic heterocycles. The SMILES string of the molecule is Cc1ccc(C)c(Oc2ccc3c(c2)O[C@@H](C(F)(F)F)C=C3)c1. The molecule has 0 unspecified atom stereocenters. The molecule has 23 heavy (non-hydrogen) atoms.